The van der Waals surface area contributed by atoms with Crippen molar-refractivity contribution in [2.75, 3.05) is 13.2 Å². The third kappa shape index (κ3) is 5.13. The number of unbranched alkanes of at least 4 members (excludes halogenated alkanes) is 1. The fraction of sp³-hybridized carbons (Fsp3) is 0.318. The van der Waals surface area contributed by atoms with E-state index in [2.05, 4.69) is 11.9 Å². The van der Waals surface area contributed by atoms with Crippen LogP contribution >= 0.6 is 11.3 Å². The van der Waals surface area contributed by atoms with Crippen LogP contribution in [0.25, 0.3) is 10.2 Å². The van der Waals surface area contributed by atoms with E-state index in [0.29, 0.717) is 22.6 Å². The molecule has 0 aliphatic rings. The van der Waals surface area contributed by atoms with Crippen molar-refractivity contribution >= 4 is 33.4 Å². The molecule has 3 rings (SSSR count). The average Bonchev–Trinajstić information content (AvgIpc) is 3.07. The Balaban J connectivity index is 1.93. The summed E-state index contributed by atoms with van der Waals surface area (Å²) in [5.41, 5.74) is 0.597. The van der Waals surface area contributed by atoms with E-state index in [9.17, 15) is 14.0 Å². The molecule has 0 spiro atoms. The van der Waals surface area contributed by atoms with E-state index in [4.69, 9.17) is 9.47 Å². The molecule has 0 unspecified atom stereocenters. The van der Waals surface area contributed by atoms with Crippen molar-refractivity contribution in [2.24, 2.45) is 4.99 Å². The summed E-state index contributed by atoms with van der Waals surface area (Å²) in [4.78, 5) is 29.1. The number of benzene rings is 2. The van der Waals surface area contributed by atoms with Gasteiger partial charge in [-0.2, -0.15) is 4.99 Å². The zero-order chi connectivity index (χ0) is 21.5. The molecule has 158 valence electrons. The number of carbonyl (C=O) groups excluding carboxylic acids is 2. The molecule has 1 aromatic heterocycles. The normalized spacial score (nSPS) is 11.6. The number of para-hydroxylation sites is 1. The number of aromatic nitrogens is 1. The Morgan fingerprint density at radius 1 is 1.13 bits per heavy atom. The molecule has 2 aromatic carbocycles. The van der Waals surface area contributed by atoms with Gasteiger partial charge in [0.05, 0.1) is 23.4 Å². The zero-order valence-electron chi connectivity index (χ0n) is 16.9. The number of fused-ring (bicyclic) bond motifs is 1. The third-order valence-electron chi connectivity index (χ3n) is 4.31. The molecular weight excluding hydrogens is 407 g/mol. The lowest BCUT2D eigenvalue weighted by Crippen LogP contribution is -2.23. The molecule has 0 fully saturated rings. The van der Waals surface area contributed by atoms with Crippen LogP contribution in [-0.2, 0) is 16.1 Å². The summed E-state index contributed by atoms with van der Waals surface area (Å²) in [7, 11) is 0. The molecule has 6 nitrogen and oxygen atoms in total. The first-order valence-corrected chi connectivity index (χ1v) is 10.6. The van der Waals surface area contributed by atoms with Gasteiger partial charge >= 0.3 is 5.97 Å². The number of amides is 1. The second-order valence-electron chi connectivity index (χ2n) is 6.51. The van der Waals surface area contributed by atoms with Crippen LogP contribution in [0.4, 0.5) is 4.39 Å². The van der Waals surface area contributed by atoms with Gasteiger partial charge in [0.2, 0.25) is 0 Å². The van der Waals surface area contributed by atoms with Gasteiger partial charge in [0.1, 0.15) is 18.1 Å². The van der Waals surface area contributed by atoms with E-state index in [1.54, 1.807) is 43.3 Å². The van der Waals surface area contributed by atoms with E-state index in [-0.39, 0.29) is 23.5 Å². The second kappa shape index (κ2) is 10.2. The minimum absolute atomic E-state index is 0.210. The molecule has 0 aliphatic heterocycles. The number of hydrogen-bond donors (Lipinski definition) is 0. The van der Waals surface area contributed by atoms with E-state index in [1.807, 2.05) is 0 Å². The lowest BCUT2D eigenvalue weighted by Gasteiger charge is -2.06. The number of esters is 1. The molecule has 0 radical (unpaired) electrons. The molecule has 0 N–H and O–H groups in total. The fourth-order valence-electron chi connectivity index (χ4n) is 2.83. The Morgan fingerprint density at radius 2 is 1.90 bits per heavy atom. The number of nitrogens with zero attached hydrogens (tertiary/aromatic N) is 2. The van der Waals surface area contributed by atoms with Crippen LogP contribution in [0.3, 0.4) is 0 Å². The van der Waals surface area contributed by atoms with Gasteiger partial charge in [-0.3, -0.25) is 9.59 Å². The van der Waals surface area contributed by atoms with E-state index >= 15 is 0 Å². The van der Waals surface area contributed by atoms with Gasteiger partial charge in [-0.25, -0.2) is 4.39 Å². The monoisotopic (exact) mass is 430 g/mol. The number of rotatable bonds is 8. The van der Waals surface area contributed by atoms with Gasteiger partial charge in [0.15, 0.2) is 4.80 Å². The Kier molecular flexibility index (Phi) is 7.35. The molecule has 0 saturated carbocycles. The molecule has 0 atom stereocenters. The van der Waals surface area contributed by atoms with Gasteiger partial charge < -0.3 is 14.0 Å². The lowest BCUT2D eigenvalue weighted by atomic mass is 10.2. The van der Waals surface area contributed by atoms with Crippen LogP contribution < -0.4 is 9.54 Å². The van der Waals surface area contributed by atoms with Crippen LogP contribution in [0.15, 0.2) is 47.5 Å². The number of carbonyl (C=O) groups is 2. The summed E-state index contributed by atoms with van der Waals surface area (Å²) in [6.07, 6.45) is 2.00. The fourth-order valence-corrected chi connectivity index (χ4v) is 3.88. The van der Waals surface area contributed by atoms with Crippen molar-refractivity contribution in [1.29, 1.82) is 0 Å². The number of halogens is 1. The molecule has 1 amide bonds. The lowest BCUT2D eigenvalue weighted by molar-refractivity contribution is -0.143. The molecule has 3 aromatic rings. The average molecular weight is 431 g/mol. The minimum Gasteiger partial charge on any atom is -0.494 e. The van der Waals surface area contributed by atoms with Gasteiger partial charge in [0.25, 0.3) is 5.91 Å². The van der Waals surface area contributed by atoms with Gasteiger partial charge in [-0.05, 0) is 49.7 Å². The largest absolute Gasteiger partial charge is 0.494 e. The van der Waals surface area contributed by atoms with Crippen molar-refractivity contribution in [2.45, 2.75) is 33.2 Å². The van der Waals surface area contributed by atoms with Gasteiger partial charge in [0, 0.05) is 5.56 Å². The minimum atomic E-state index is -0.525. The van der Waals surface area contributed by atoms with Crippen LogP contribution in [0.1, 0.15) is 37.0 Å². The first-order chi connectivity index (χ1) is 14.5. The van der Waals surface area contributed by atoms with Gasteiger partial charge in [-0.1, -0.05) is 30.7 Å². The van der Waals surface area contributed by atoms with Crippen LogP contribution in [0.2, 0.25) is 0 Å². The van der Waals surface area contributed by atoms with Crippen LogP contribution in [-0.4, -0.2) is 29.7 Å². The Labute approximate surface area is 177 Å². The number of thiazole rings is 1. The Bertz CT molecular complexity index is 1100. The van der Waals surface area contributed by atoms with E-state index in [1.165, 1.54) is 10.6 Å². The predicted octanol–water partition coefficient (Wildman–Crippen LogP) is 4.33. The molecule has 0 aliphatic carbocycles. The Morgan fingerprint density at radius 3 is 2.60 bits per heavy atom. The van der Waals surface area contributed by atoms with Crippen molar-refractivity contribution in [3.05, 3.63) is 58.6 Å². The van der Waals surface area contributed by atoms with Crippen molar-refractivity contribution in [1.82, 2.24) is 4.57 Å². The highest BCUT2D eigenvalue weighted by molar-refractivity contribution is 7.16. The molecule has 0 bridgehead atoms. The molecule has 1 heterocycles. The summed E-state index contributed by atoms with van der Waals surface area (Å²) < 4.78 is 27.0. The zero-order valence-corrected chi connectivity index (χ0v) is 17.7. The van der Waals surface area contributed by atoms with Crippen molar-refractivity contribution < 1.29 is 23.5 Å². The smallest absolute Gasteiger partial charge is 0.326 e. The Hall–Kier alpha value is -3.00. The maximum absolute atomic E-state index is 14.4. The molecule has 0 saturated heterocycles. The predicted molar refractivity (Wildman–Crippen MR) is 113 cm³/mol. The summed E-state index contributed by atoms with van der Waals surface area (Å²) in [6, 6.07) is 11.3. The van der Waals surface area contributed by atoms with Crippen LogP contribution in [0, 0.1) is 5.82 Å². The summed E-state index contributed by atoms with van der Waals surface area (Å²) in [5, 5.41) is 0. The molecule has 30 heavy (non-hydrogen) atoms. The topological polar surface area (TPSA) is 69.9 Å². The maximum Gasteiger partial charge on any atom is 0.326 e. The highest BCUT2D eigenvalue weighted by atomic mass is 32.1. The third-order valence-corrected chi connectivity index (χ3v) is 5.35. The second-order valence-corrected chi connectivity index (χ2v) is 7.51. The summed E-state index contributed by atoms with van der Waals surface area (Å²) in [6.45, 7) is 4.38. The van der Waals surface area contributed by atoms with Gasteiger partial charge in [-0.15, -0.1) is 0 Å². The van der Waals surface area contributed by atoms with Crippen molar-refractivity contribution in [3.63, 3.8) is 0 Å². The standard InChI is InChI=1S/C22H23FN2O4S/c1-3-5-13-29-16-11-9-15(10-12-16)21(27)24-22-25(14-19(26)28-4-2)20-17(23)7-6-8-18(20)30-22/h6-12H,3-5,13-14H2,1-2H3. The van der Waals surface area contributed by atoms with Crippen LogP contribution in [0.5, 0.6) is 5.75 Å². The first kappa shape index (κ1) is 21.7. The summed E-state index contributed by atoms with van der Waals surface area (Å²) >= 11 is 1.14. The van der Waals surface area contributed by atoms with E-state index < -0.39 is 17.7 Å². The maximum atomic E-state index is 14.4. The quantitative estimate of drug-likeness (QED) is 0.394. The number of ether oxygens (including phenoxy) is 2. The SMILES string of the molecule is CCCCOc1ccc(C(=O)N=c2sc3cccc(F)c3n2CC(=O)OCC)cc1. The molecular formula is C22H23FN2O4S. The highest BCUT2D eigenvalue weighted by Gasteiger charge is 2.15. The highest BCUT2D eigenvalue weighted by Crippen LogP contribution is 2.21. The van der Waals surface area contributed by atoms with E-state index in [0.717, 1.165) is 24.2 Å². The first-order valence-electron chi connectivity index (χ1n) is 9.78. The number of hydrogen-bond acceptors (Lipinski definition) is 5. The summed E-state index contributed by atoms with van der Waals surface area (Å²) in [5.74, 6) is -0.820. The molecule has 8 heteroatoms. The van der Waals surface area contributed by atoms with Crippen molar-refractivity contribution in [3.8, 4) is 5.75 Å².